The van der Waals surface area contributed by atoms with Crippen LogP contribution in [0.25, 0.3) is 0 Å². The van der Waals surface area contributed by atoms with E-state index < -0.39 is 0 Å². The summed E-state index contributed by atoms with van der Waals surface area (Å²) in [4.78, 5) is 25.1. The fourth-order valence-electron chi connectivity index (χ4n) is 2.32. The molecule has 3 aromatic carbocycles. The summed E-state index contributed by atoms with van der Waals surface area (Å²) in [7, 11) is 0. The minimum Gasteiger partial charge on any atom is -0.325 e. The van der Waals surface area contributed by atoms with Crippen LogP contribution in [0, 0.1) is 9.39 Å². The van der Waals surface area contributed by atoms with Crippen LogP contribution in [0.15, 0.2) is 77.7 Å². The van der Waals surface area contributed by atoms with Gasteiger partial charge in [0.15, 0.2) is 0 Å². The highest BCUT2D eigenvalue weighted by molar-refractivity contribution is 14.1. The maximum atomic E-state index is 12.9. The molecule has 3 rings (SSSR count). The zero-order valence-electron chi connectivity index (χ0n) is 14.6. The van der Waals surface area contributed by atoms with Crippen molar-refractivity contribution in [3.63, 3.8) is 0 Å². The van der Waals surface area contributed by atoms with Gasteiger partial charge in [0.05, 0.1) is 5.75 Å². The van der Waals surface area contributed by atoms with Gasteiger partial charge >= 0.3 is 0 Å². The van der Waals surface area contributed by atoms with Crippen LogP contribution >= 0.6 is 34.4 Å². The monoisotopic (exact) mass is 506 g/mol. The summed E-state index contributed by atoms with van der Waals surface area (Å²) in [6.07, 6.45) is 0. The third kappa shape index (κ3) is 6.07. The molecule has 0 fully saturated rings. The Morgan fingerprint density at radius 1 is 0.821 bits per heavy atom. The minimum absolute atomic E-state index is 0.0834. The second-order valence-electron chi connectivity index (χ2n) is 5.83. The molecule has 28 heavy (non-hydrogen) atoms. The molecule has 4 nitrogen and oxygen atoms in total. The van der Waals surface area contributed by atoms with E-state index in [4.69, 9.17) is 0 Å². The van der Waals surface area contributed by atoms with Crippen LogP contribution in [0.2, 0.25) is 0 Å². The molecule has 0 saturated heterocycles. The second-order valence-corrected chi connectivity index (χ2v) is 8.12. The number of hydrogen-bond donors (Lipinski definition) is 2. The lowest BCUT2D eigenvalue weighted by Crippen LogP contribution is -2.14. The average molecular weight is 506 g/mol. The summed E-state index contributed by atoms with van der Waals surface area (Å²) in [5.74, 6) is -0.492. The third-order valence-corrected chi connectivity index (χ3v) is 5.45. The Kier molecular flexibility index (Phi) is 7.05. The van der Waals surface area contributed by atoms with Gasteiger partial charge < -0.3 is 10.6 Å². The first kappa shape index (κ1) is 20.3. The van der Waals surface area contributed by atoms with Crippen LogP contribution in [0.1, 0.15) is 10.4 Å². The van der Waals surface area contributed by atoms with E-state index >= 15 is 0 Å². The molecule has 0 spiro atoms. The summed E-state index contributed by atoms with van der Waals surface area (Å²) in [5, 5.41) is 5.61. The van der Waals surface area contributed by atoms with Gasteiger partial charge in [0, 0.05) is 25.4 Å². The van der Waals surface area contributed by atoms with Gasteiger partial charge in [0.25, 0.3) is 5.91 Å². The number of benzene rings is 3. The lowest BCUT2D eigenvalue weighted by molar-refractivity contribution is -0.113. The Labute approximate surface area is 180 Å². The Morgan fingerprint density at radius 3 is 2.04 bits per heavy atom. The molecule has 0 heterocycles. The molecule has 0 radical (unpaired) electrons. The van der Waals surface area contributed by atoms with Crippen LogP contribution in [0.3, 0.4) is 0 Å². The summed E-state index contributed by atoms with van der Waals surface area (Å²) < 4.78 is 14.0. The van der Waals surface area contributed by atoms with Crippen molar-refractivity contribution < 1.29 is 14.0 Å². The summed E-state index contributed by atoms with van der Waals surface area (Å²) in [6.45, 7) is 0. The summed E-state index contributed by atoms with van der Waals surface area (Å²) in [5.41, 5.74) is 1.78. The topological polar surface area (TPSA) is 58.2 Å². The number of nitrogens with one attached hydrogen (secondary N) is 2. The van der Waals surface area contributed by atoms with E-state index in [9.17, 15) is 14.0 Å². The Hall–Kier alpha value is -2.39. The van der Waals surface area contributed by atoms with E-state index in [1.165, 1.54) is 36.0 Å². The van der Waals surface area contributed by atoms with Gasteiger partial charge in [0.1, 0.15) is 5.82 Å². The number of amides is 2. The molecule has 3 aromatic rings. The highest BCUT2D eigenvalue weighted by Gasteiger charge is 2.07. The zero-order valence-corrected chi connectivity index (χ0v) is 17.6. The standard InChI is InChI=1S/C21H16FIN2O2S/c22-15-3-1-14(2-4-15)21(27)25-18-9-11-19(12-10-18)28-13-20(26)24-17-7-5-16(23)6-8-17/h1-12H,13H2,(H,24,26)(H,25,27). The fraction of sp³-hybridized carbons (Fsp3) is 0.0476. The van der Waals surface area contributed by atoms with Gasteiger partial charge in [-0.15, -0.1) is 11.8 Å². The van der Waals surface area contributed by atoms with Gasteiger partial charge in [-0.1, -0.05) is 0 Å². The van der Waals surface area contributed by atoms with Gasteiger partial charge in [-0.2, -0.15) is 0 Å². The molecular formula is C21H16FIN2O2S. The number of thioether (sulfide) groups is 1. The molecule has 2 amide bonds. The molecule has 7 heteroatoms. The molecule has 0 bridgehead atoms. The fourth-order valence-corrected chi connectivity index (χ4v) is 3.38. The smallest absolute Gasteiger partial charge is 0.255 e. The van der Waals surface area contributed by atoms with Crippen LogP contribution in [0.5, 0.6) is 0 Å². The molecule has 0 saturated carbocycles. The van der Waals surface area contributed by atoms with Crippen molar-refractivity contribution in [3.05, 3.63) is 87.7 Å². The first-order valence-electron chi connectivity index (χ1n) is 8.35. The van der Waals surface area contributed by atoms with Crippen molar-refractivity contribution in [2.75, 3.05) is 16.4 Å². The van der Waals surface area contributed by atoms with Crippen molar-refractivity contribution in [1.29, 1.82) is 0 Å². The molecule has 142 valence electrons. The predicted molar refractivity (Wildman–Crippen MR) is 119 cm³/mol. The zero-order chi connectivity index (χ0) is 19.9. The molecule has 0 aliphatic rings. The SMILES string of the molecule is O=C(CSc1ccc(NC(=O)c2ccc(F)cc2)cc1)Nc1ccc(I)cc1. The molecule has 0 aliphatic heterocycles. The molecule has 0 atom stereocenters. The van der Waals surface area contributed by atoms with E-state index in [1.807, 2.05) is 36.4 Å². The normalized spacial score (nSPS) is 10.4. The number of hydrogen-bond acceptors (Lipinski definition) is 3. The maximum absolute atomic E-state index is 12.9. The molecule has 0 aromatic heterocycles. The van der Waals surface area contributed by atoms with E-state index in [0.717, 1.165) is 14.2 Å². The molecule has 0 unspecified atom stereocenters. The number of halogens is 2. The van der Waals surface area contributed by atoms with Gasteiger partial charge in [-0.25, -0.2) is 4.39 Å². The Balaban J connectivity index is 1.49. The van der Waals surface area contributed by atoms with Crippen LogP contribution in [-0.4, -0.2) is 17.6 Å². The Morgan fingerprint density at radius 2 is 1.39 bits per heavy atom. The number of carbonyl (C=O) groups excluding carboxylic acids is 2. The number of rotatable bonds is 6. The maximum Gasteiger partial charge on any atom is 0.255 e. The first-order valence-corrected chi connectivity index (χ1v) is 10.4. The second kappa shape index (κ2) is 9.70. The number of anilines is 2. The molecule has 0 aliphatic carbocycles. The van der Waals surface area contributed by atoms with Gasteiger partial charge in [-0.05, 0) is 95.4 Å². The highest BCUT2D eigenvalue weighted by atomic mass is 127. The van der Waals surface area contributed by atoms with Crippen molar-refractivity contribution >= 4 is 57.5 Å². The lowest BCUT2D eigenvalue weighted by atomic mass is 10.2. The van der Waals surface area contributed by atoms with E-state index in [2.05, 4.69) is 33.2 Å². The van der Waals surface area contributed by atoms with Crippen molar-refractivity contribution in [2.24, 2.45) is 0 Å². The van der Waals surface area contributed by atoms with E-state index in [1.54, 1.807) is 12.1 Å². The average Bonchev–Trinajstić information content (AvgIpc) is 2.70. The third-order valence-electron chi connectivity index (χ3n) is 3.72. The highest BCUT2D eigenvalue weighted by Crippen LogP contribution is 2.21. The first-order chi connectivity index (χ1) is 13.5. The summed E-state index contributed by atoms with van der Waals surface area (Å²) in [6, 6.07) is 20.2. The van der Waals surface area contributed by atoms with E-state index in [-0.39, 0.29) is 23.4 Å². The summed E-state index contributed by atoms with van der Waals surface area (Å²) >= 11 is 3.62. The largest absolute Gasteiger partial charge is 0.325 e. The number of carbonyl (C=O) groups is 2. The van der Waals surface area contributed by atoms with Crippen LogP contribution in [-0.2, 0) is 4.79 Å². The minimum atomic E-state index is -0.385. The van der Waals surface area contributed by atoms with Gasteiger partial charge in [-0.3, -0.25) is 9.59 Å². The van der Waals surface area contributed by atoms with Crippen molar-refractivity contribution in [1.82, 2.24) is 0 Å². The van der Waals surface area contributed by atoms with Crippen molar-refractivity contribution in [3.8, 4) is 0 Å². The molecule has 2 N–H and O–H groups in total. The van der Waals surface area contributed by atoms with Crippen LogP contribution in [0.4, 0.5) is 15.8 Å². The van der Waals surface area contributed by atoms with Crippen molar-refractivity contribution in [2.45, 2.75) is 4.90 Å². The molecular weight excluding hydrogens is 490 g/mol. The Bertz CT molecular complexity index is 961. The van der Waals surface area contributed by atoms with Gasteiger partial charge in [0.2, 0.25) is 5.91 Å². The van der Waals surface area contributed by atoms with E-state index in [0.29, 0.717) is 11.3 Å². The predicted octanol–water partition coefficient (Wildman–Crippen LogP) is 5.41. The quantitative estimate of drug-likeness (QED) is 0.347. The van der Waals surface area contributed by atoms with Crippen LogP contribution < -0.4 is 10.6 Å². The lowest BCUT2D eigenvalue weighted by Gasteiger charge is -2.07.